The van der Waals surface area contributed by atoms with Gasteiger partial charge >= 0.3 is 0 Å². The molecule has 3 aliphatic carbocycles. The molecule has 1 atom stereocenters. The number of aliphatic hydroxyl groups excluding tert-OH is 1. The maximum atomic E-state index is 9.91. The quantitative estimate of drug-likeness (QED) is 0.206. The van der Waals surface area contributed by atoms with Gasteiger partial charge in [-0.1, -0.05) is 97.1 Å². The standard InChI is InChI=1S/C21H21NO.C21H23N/c23-14-17(19-12-11-15-5-1-2-6-18(15)19)10-9-16-13-22-21-8-4-3-7-20(16)21;1-3-7-19-17(5-1)18-6-2-4-8-20(18)21(19)22-13-15-9-10-16(14-22)12-11-15/h1-8,12-13,17,22-23H,9-11,14H2;1-8,15-16,21H,9-14H2. The molecule has 2 saturated heterocycles. The van der Waals surface area contributed by atoms with Gasteiger partial charge in [0.05, 0.1) is 6.04 Å². The van der Waals surface area contributed by atoms with Crippen LogP contribution in [0.15, 0.2) is 109 Å². The Morgan fingerprint density at radius 3 is 2.00 bits per heavy atom. The minimum atomic E-state index is 0.211. The molecule has 3 heteroatoms. The van der Waals surface area contributed by atoms with Gasteiger partial charge in [-0.2, -0.15) is 0 Å². The van der Waals surface area contributed by atoms with Crippen molar-refractivity contribution in [2.24, 2.45) is 17.8 Å². The number of nitrogens with zero attached hydrogens (tertiary/aromatic N) is 1. The number of benzene rings is 4. The van der Waals surface area contributed by atoms with Gasteiger partial charge in [0.2, 0.25) is 0 Å². The Balaban J connectivity index is 0.000000134. The van der Waals surface area contributed by atoms with E-state index in [-0.39, 0.29) is 12.5 Å². The zero-order chi connectivity index (χ0) is 30.2. The Morgan fingerprint density at radius 1 is 0.711 bits per heavy atom. The molecule has 0 amide bonds. The summed E-state index contributed by atoms with van der Waals surface area (Å²) in [6.07, 6.45) is 13.2. The SMILES string of the molecule is OCC(CCc1c[nH]c2ccccc12)C1=CCc2ccccc21.c1ccc2c(c1)-c1ccccc1C2N1CC2CCC(CC2)C1. The molecule has 1 aromatic heterocycles. The number of allylic oxidation sites excluding steroid dienone is 1. The summed E-state index contributed by atoms with van der Waals surface area (Å²) in [6, 6.07) is 35.6. The van der Waals surface area contributed by atoms with Crippen molar-refractivity contribution in [1.82, 2.24) is 9.88 Å². The third-order valence-electron chi connectivity index (χ3n) is 11.1. The van der Waals surface area contributed by atoms with Gasteiger partial charge in [0.15, 0.2) is 0 Å². The molecule has 2 bridgehead atoms. The highest BCUT2D eigenvalue weighted by Crippen LogP contribution is 2.48. The molecule has 2 aliphatic heterocycles. The van der Waals surface area contributed by atoms with Crippen LogP contribution in [0.25, 0.3) is 27.6 Å². The van der Waals surface area contributed by atoms with Crippen molar-refractivity contribution in [1.29, 1.82) is 0 Å². The number of aliphatic hydroxyl groups is 1. The molecule has 2 N–H and O–H groups in total. The zero-order valence-corrected chi connectivity index (χ0v) is 26.2. The van der Waals surface area contributed by atoms with Crippen molar-refractivity contribution in [2.75, 3.05) is 19.7 Å². The highest BCUT2D eigenvalue weighted by Gasteiger charge is 2.38. The number of hydrogen-bond acceptors (Lipinski definition) is 2. The number of nitrogens with one attached hydrogen (secondary N) is 1. The molecule has 0 radical (unpaired) electrons. The number of para-hydroxylation sites is 1. The highest BCUT2D eigenvalue weighted by atomic mass is 16.3. The Labute approximate surface area is 267 Å². The van der Waals surface area contributed by atoms with Crippen molar-refractivity contribution in [3.63, 3.8) is 0 Å². The van der Waals surface area contributed by atoms with E-state index in [1.807, 2.05) is 0 Å². The molecule has 5 aromatic rings. The number of aryl methyl sites for hydroxylation is 1. The van der Waals surface area contributed by atoms with Gasteiger partial charge in [-0.25, -0.2) is 0 Å². The fourth-order valence-electron chi connectivity index (χ4n) is 8.78. The second-order valence-electron chi connectivity index (χ2n) is 13.7. The van der Waals surface area contributed by atoms with Gasteiger partial charge in [-0.3, -0.25) is 4.90 Å². The number of hydrogen-bond donors (Lipinski definition) is 2. The van der Waals surface area contributed by atoms with Crippen LogP contribution in [0.1, 0.15) is 66.0 Å². The fraction of sp³-hybridized carbons (Fsp3) is 0.333. The first-order valence-corrected chi connectivity index (χ1v) is 17.1. The van der Waals surface area contributed by atoms with E-state index in [4.69, 9.17) is 0 Å². The number of rotatable bonds is 6. The molecule has 3 heterocycles. The van der Waals surface area contributed by atoms with Gasteiger partial charge < -0.3 is 10.1 Å². The highest BCUT2D eigenvalue weighted by molar-refractivity contribution is 5.83. The van der Waals surface area contributed by atoms with Gasteiger partial charge in [0, 0.05) is 42.7 Å². The van der Waals surface area contributed by atoms with Crippen LogP contribution in [-0.4, -0.2) is 34.7 Å². The van der Waals surface area contributed by atoms with Gasteiger partial charge in [-0.05, 0) is 107 Å². The van der Waals surface area contributed by atoms with Crippen molar-refractivity contribution in [2.45, 2.75) is 51.0 Å². The van der Waals surface area contributed by atoms with Crippen molar-refractivity contribution >= 4 is 16.5 Å². The third-order valence-corrected chi connectivity index (χ3v) is 11.1. The summed E-state index contributed by atoms with van der Waals surface area (Å²) in [7, 11) is 0. The normalized spacial score (nSPS) is 21.0. The first kappa shape index (κ1) is 28.5. The molecule has 0 spiro atoms. The summed E-state index contributed by atoms with van der Waals surface area (Å²) < 4.78 is 0. The molecular weight excluding hydrogens is 548 g/mol. The van der Waals surface area contributed by atoms with Crippen LogP contribution < -0.4 is 0 Å². The maximum Gasteiger partial charge on any atom is 0.0614 e. The smallest absolute Gasteiger partial charge is 0.0614 e. The molecule has 228 valence electrons. The van der Waals surface area contributed by atoms with E-state index < -0.39 is 0 Å². The molecule has 4 aromatic carbocycles. The number of fused-ring (bicyclic) bond motifs is 9. The molecule has 1 unspecified atom stereocenters. The average Bonchev–Trinajstić information content (AvgIpc) is 3.72. The Kier molecular flexibility index (Phi) is 7.91. The van der Waals surface area contributed by atoms with E-state index in [0.717, 1.165) is 31.1 Å². The van der Waals surface area contributed by atoms with Crippen LogP contribution in [0.4, 0.5) is 0 Å². The van der Waals surface area contributed by atoms with Gasteiger partial charge in [0.1, 0.15) is 0 Å². The first-order valence-electron chi connectivity index (χ1n) is 17.1. The number of H-pyrrole nitrogens is 1. The fourth-order valence-corrected chi connectivity index (χ4v) is 8.78. The van der Waals surface area contributed by atoms with Crippen molar-refractivity contribution < 1.29 is 5.11 Å². The lowest BCUT2D eigenvalue weighted by atomic mass is 9.84. The minimum absolute atomic E-state index is 0.211. The second-order valence-corrected chi connectivity index (χ2v) is 13.7. The Bertz CT molecular complexity index is 1760. The lowest BCUT2D eigenvalue weighted by Gasteiger charge is -2.30. The lowest BCUT2D eigenvalue weighted by Crippen LogP contribution is -2.32. The van der Waals surface area contributed by atoms with E-state index in [1.54, 1.807) is 0 Å². The zero-order valence-electron chi connectivity index (χ0n) is 26.2. The van der Waals surface area contributed by atoms with Crippen LogP contribution in [0.5, 0.6) is 0 Å². The average molecular weight is 593 g/mol. The van der Waals surface area contributed by atoms with E-state index in [2.05, 4.69) is 119 Å². The van der Waals surface area contributed by atoms with E-state index in [9.17, 15) is 5.11 Å². The molecule has 10 rings (SSSR count). The lowest BCUT2D eigenvalue weighted by molar-refractivity contribution is 0.210. The summed E-state index contributed by atoms with van der Waals surface area (Å²) in [5.41, 5.74) is 12.5. The van der Waals surface area contributed by atoms with Gasteiger partial charge in [0.25, 0.3) is 0 Å². The van der Waals surface area contributed by atoms with Crippen molar-refractivity contribution in [3.8, 4) is 11.1 Å². The summed E-state index contributed by atoms with van der Waals surface area (Å²) in [6.45, 7) is 2.80. The molecule has 3 fully saturated rings. The maximum absolute atomic E-state index is 9.91. The molecule has 45 heavy (non-hydrogen) atoms. The van der Waals surface area contributed by atoms with Crippen molar-refractivity contribution in [3.05, 3.63) is 137 Å². The molecule has 5 aliphatic rings. The predicted octanol–water partition coefficient (Wildman–Crippen LogP) is 9.23. The third kappa shape index (κ3) is 5.47. The summed E-state index contributed by atoms with van der Waals surface area (Å²) in [5.74, 6) is 2.07. The molecule has 3 nitrogen and oxygen atoms in total. The van der Waals surface area contributed by atoms with E-state index in [1.165, 1.54) is 94.2 Å². The van der Waals surface area contributed by atoms with Crippen LogP contribution in [-0.2, 0) is 12.8 Å². The van der Waals surface area contributed by atoms with Crippen LogP contribution in [0.3, 0.4) is 0 Å². The summed E-state index contributed by atoms with van der Waals surface area (Å²) in [5, 5.41) is 11.2. The van der Waals surface area contributed by atoms with Crippen LogP contribution >= 0.6 is 0 Å². The predicted molar refractivity (Wildman–Crippen MR) is 186 cm³/mol. The van der Waals surface area contributed by atoms with Gasteiger partial charge in [-0.15, -0.1) is 0 Å². The molecule has 1 saturated carbocycles. The van der Waals surface area contributed by atoms with Crippen LogP contribution in [0.2, 0.25) is 0 Å². The Hall–Kier alpha value is -3.92. The number of aromatic amines is 1. The van der Waals surface area contributed by atoms with E-state index in [0.29, 0.717) is 6.04 Å². The van der Waals surface area contributed by atoms with E-state index >= 15 is 0 Å². The largest absolute Gasteiger partial charge is 0.396 e. The van der Waals surface area contributed by atoms with Crippen LogP contribution in [0, 0.1) is 17.8 Å². The number of aromatic nitrogens is 1. The molecular formula is C42H44N2O. The second kappa shape index (κ2) is 12.5. The summed E-state index contributed by atoms with van der Waals surface area (Å²) in [4.78, 5) is 6.14. The monoisotopic (exact) mass is 592 g/mol. The minimum Gasteiger partial charge on any atom is -0.396 e. The first-order chi connectivity index (χ1) is 22.3. The Morgan fingerprint density at radius 2 is 1.31 bits per heavy atom. The summed E-state index contributed by atoms with van der Waals surface area (Å²) >= 11 is 0. The topological polar surface area (TPSA) is 39.3 Å².